The van der Waals surface area contributed by atoms with Crippen molar-refractivity contribution in [3.05, 3.63) is 56.5 Å². The largest absolute Gasteiger partial charge is 0.309 e. The molecule has 0 saturated carbocycles. The first-order chi connectivity index (χ1) is 8.95. The number of halogens is 3. The van der Waals surface area contributed by atoms with Crippen molar-refractivity contribution in [3.8, 4) is 0 Å². The Morgan fingerprint density at radius 2 is 1.74 bits per heavy atom. The molecule has 0 radical (unpaired) electrons. The molecule has 0 fully saturated rings. The van der Waals surface area contributed by atoms with Gasteiger partial charge in [0.15, 0.2) is 17.5 Å². The number of rotatable bonds is 3. The third kappa shape index (κ3) is 2.53. The second-order valence-corrected chi connectivity index (χ2v) is 5.82. The van der Waals surface area contributed by atoms with Gasteiger partial charge in [-0.15, -0.1) is 11.3 Å². The number of nitrogens with one attached hydrogen (secondary N) is 1. The highest BCUT2D eigenvalue weighted by Gasteiger charge is 2.23. The molecule has 1 aromatic heterocycles. The van der Waals surface area contributed by atoms with Crippen LogP contribution in [0.1, 0.15) is 26.9 Å². The van der Waals surface area contributed by atoms with Gasteiger partial charge in [-0.3, -0.25) is 0 Å². The van der Waals surface area contributed by atoms with E-state index in [0.29, 0.717) is 0 Å². The van der Waals surface area contributed by atoms with Crippen LogP contribution in [0.3, 0.4) is 0 Å². The van der Waals surface area contributed by atoms with E-state index in [2.05, 4.69) is 5.32 Å². The molecule has 0 aliphatic heterocycles. The van der Waals surface area contributed by atoms with Crippen molar-refractivity contribution in [1.82, 2.24) is 5.32 Å². The lowest BCUT2D eigenvalue weighted by molar-refractivity contribution is 0.435. The molecule has 1 nitrogen and oxygen atoms in total. The van der Waals surface area contributed by atoms with Crippen LogP contribution >= 0.6 is 11.3 Å². The maximum Gasteiger partial charge on any atom is 0.194 e. The quantitative estimate of drug-likeness (QED) is 0.838. The van der Waals surface area contributed by atoms with Crippen molar-refractivity contribution in [1.29, 1.82) is 0 Å². The van der Waals surface area contributed by atoms with Gasteiger partial charge >= 0.3 is 0 Å². The van der Waals surface area contributed by atoms with E-state index in [1.807, 2.05) is 19.9 Å². The molecule has 0 aliphatic rings. The van der Waals surface area contributed by atoms with E-state index in [0.717, 1.165) is 21.4 Å². The maximum absolute atomic E-state index is 13.9. The Bertz CT molecular complexity index is 607. The predicted molar refractivity (Wildman–Crippen MR) is 71.0 cm³/mol. The first kappa shape index (κ1) is 14.1. The minimum absolute atomic E-state index is 0.113. The van der Waals surface area contributed by atoms with Crippen molar-refractivity contribution >= 4 is 11.3 Å². The van der Waals surface area contributed by atoms with Crippen LogP contribution in [0.2, 0.25) is 0 Å². The second kappa shape index (κ2) is 5.35. The van der Waals surface area contributed by atoms with Crippen molar-refractivity contribution in [2.45, 2.75) is 19.9 Å². The van der Waals surface area contributed by atoms with E-state index in [-0.39, 0.29) is 5.56 Å². The van der Waals surface area contributed by atoms with E-state index in [9.17, 15) is 13.2 Å². The smallest absolute Gasteiger partial charge is 0.194 e. The highest BCUT2D eigenvalue weighted by atomic mass is 32.1. The molecule has 5 heteroatoms. The van der Waals surface area contributed by atoms with Gasteiger partial charge < -0.3 is 5.32 Å². The first-order valence-corrected chi connectivity index (χ1v) is 6.65. The van der Waals surface area contributed by atoms with Crippen molar-refractivity contribution in [3.63, 3.8) is 0 Å². The fraction of sp³-hybridized carbons (Fsp3) is 0.286. The average Bonchev–Trinajstić information content (AvgIpc) is 2.69. The lowest BCUT2D eigenvalue weighted by Gasteiger charge is -2.18. The summed E-state index contributed by atoms with van der Waals surface area (Å²) in [5.41, 5.74) is 0.997. The second-order valence-electron chi connectivity index (χ2n) is 4.35. The molecule has 1 aromatic carbocycles. The molecule has 19 heavy (non-hydrogen) atoms. The summed E-state index contributed by atoms with van der Waals surface area (Å²) in [5.74, 6) is -3.74. The molecule has 0 bridgehead atoms. The van der Waals surface area contributed by atoms with E-state index >= 15 is 0 Å². The summed E-state index contributed by atoms with van der Waals surface area (Å²) in [5, 5.41) is 2.95. The zero-order valence-electron chi connectivity index (χ0n) is 10.9. The summed E-state index contributed by atoms with van der Waals surface area (Å²) >= 11 is 1.59. The van der Waals surface area contributed by atoms with Gasteiger partial charge in [-0.2, -0.15) is 0 Å². The summed E-state index contributed by atoms with van der Waals surface area (Å²) in [4.78, 5) is 2.12. The Hall–Kier alpha value is -1.33. The molecule has 102 valence electrons. The van der Waals surface area contributed by atoms with Gasteiger partial charge in [0.2, 0.25) is 0 Å². The fourth-order valence-corrected chi connectivity index (χ4v) is 3.14. The van der Waals surface area contributed by atoms with E-state index < -0.39 is 23.5 Å². The number of hydrogen-bond donors (Lipinski definition) is 1. The van der Waals surface area contributed by atoms with Crippen LogP contribution in [0.5, 0.6) is 0 Å². The summed E-state index contributed by atoms with van der Waals surface area (Å²) < 4.78 is 40.2. The highest BCUT2D eigenvalue weighted by Crippen LogP contribution is 2.32. The predicted octanol–water partition coefficient (Wildman–Crippen LogP) is 4.09. The molecule has 2 aromatic rings. The molecule has 0 amide bonds. The van der Waals surface area contributed by atoms with Gasteiger partial charge in [-0.1, -0.05) is 6.07 Å². The van der Waals surface area contributed by atoms with Crippen LogP contribution in [0.25, 0.3) is 0 Å². The Kier molecular flexibility index (Phi) is 3.96. The first-order valence-electron chi connectivity index (χ1n) is 5.83. The molecular weight excluding hydrogens is 271 g/mol. The summed E-state index contributed by atoms with van der Waals surface area (Å²) in [6.45, 7) is 3.88. The number of thiophene rings is 1. The zero-order chi connectivity index (χ0) is 14.2. The lowest BCUT2D eigenvalue weighted by atomic mass is 9.98. The highest BCUT2D eigenvalue weighted by molar-refractivity contribution is 7.12. The van der Waals surface area contributed by atoms with Crippen molar-refractivity contribution < 1.29 is 13.2 Å². The lowest BCUT2D eigenvalue weighted by Crippen LogP contribution is -2.20. The topological polar surface area (TPSA) is 12.0 Å². The summed E-state index contributed by atoms with van der Waals surface area (Å²) in [6.07, 6.45) is 0. The normalized spacial score (nSPS) is 12.7. The van der Waals surface area contributed by atoms with Crippen LogP contribution < -0.4 is 5.32 Å². The SMILES string of the molecule is CNC(c1cc(C)sc1C)c1ccc(F)c(F)c1F. The molecule has 0 saturated heterocycles. The van der Waals surface area contributed by atoms with Gasteiger partial charge in [0.25, 0.3) is 0 Å². The number of benzene rings is 1. The molecule has 0 spiro atoms. The van der Waals surface area contributed by atoms with Crippen molar-refractivity contribution in [2.75, 3.05) is 7.05 Å². The van der Waals surface area contributed by atoms with Gasteiger partial charge in [0, 0.05) is 15.3 Å². The fourth-order valence-electron chi connectivity index (χ4n) is 2.18. The van der Waals surface area contributed by atoms with E-state index in [1.54, 1.807) is 18.4 Å². The van der Waals surface area contributed by atoms with Crippen LogP contribution in [-0.2, 0) is 0 Å². The zero-order valence-corrected chi connectivity index (χ0v) is 11.7. The third-order valence-corrected chi connectivity index (χ3v) is 4.04. The molecule has 1 atom stereocenters. The molecule has 1 heterocycles. The summed E-state index contributed by atoms with van der Waals surface area (Å²) in [6, 6.07) is 3.68. The minimum Gasteiger partial charge on any atom is -0.309 e. The number of aryl methyl sites for hydroxylation is 2. The Labute approximate surface area is 114 Å². The maximum atomic E-state index is 13.9. The van der Waals surface area contributed by atoms with Gasteiger partial charge in [0.1, 0.15) is 0 Å². The van der Waals surface area contributed by atoms with Crippen LogP contribution in [0, 0.1) is 31.3 Å². The number of hydrogen-bond acceptors (Lipinski definition) is 2. The Morgan fingerprint density at radius 1 is 1.05 bits per heavy atom. The van der Waals surface area contributed by atoms with Gasteiger partial charge in [-0.25, -0.2) is 13.2 Å². The molecule has 1 unspecified atom stereocenters. The summed E-state index contributed by atoms with van der Waals surface area (Å²) in [7, 11) is 1.66. The van der Waals surface area contributed by atoms with Gasteiger partial charge in [0.05, 0.1) is 6.04 Å². The van der Waals surface area contributed by atoms with E-state index in [4.69, 9.17) is 0 Å². The van der Waals surface area contributed by atoms with Crippen LogP contribution in [0.4, 0.5) is 13.2 Å². The van der Waals surface area contributed by atoms with Crippen LogP contribution in [0.15, 0.2) is 18.2 Å². The Morgan fingerprint density at radius 3 is 2.26 bits per heavy atom. The minimum atomic E-state index is -1.43. The molecule has 1 N–H and O–H groups in total. The molecule has 0 aliphatic carbocycles. The average molecular weight is 285 g/mol. The monoisotopic (exact) mass is 285 g/mol. The standard InChI is InChI=1S/C14H14F3NS/c1-7-6-10(8(2)19-7)14(18-3)9-4-5-11(15)13(17)12(9)16/h4-6,14,18H,1-3H3. The Balaban J connectivity index is 2.54. The third-order valence-electron chi connectivity index (χ3n) is 3.06. The molecule has 2 rings (SSSR count). The van der Waals surface area contributed by atoms with Crippen molar-refractivity contribution in [2.24, 2.45) is 0 Å². The van der Waals surface area contributed by atoms with Crippen LogP contribution in [-0.4, -0.2) is 7.05 Å². The van der Waals surface area contributed by atoms with E-state index in [1.165, 1.54) is 6.07 Å². The molecular formula is C14H14F3NS. The van der Waals surface area contributed by atoms with Gasteiger partial charge in [-0.05, 0) is 38.6 Å².